The predicted octanol–water partition coefficient (Wildman–Crippen LogP) is 4.34. The minimum absolute atomic E-state index is 0.0199. The number of hydrogen-bond acceptors (Lipinski definition) is 4. The third-order valence-electron chi connectivity index (χ3n) is 5.33. The van der Waals surface area contributed by atoms with E-state index in [9.17, 15) is 13.2 Å². The molecule has 0 aliphatic heterocycles. The number of benzene rings is 3. The molecule has 0 bridgehead atoms. The molecule has 0 aliphatic rings. The number of nitrogens with zero attached hydrogens (tertiary/aromatic N) is 3. The highest BCUT2D eigenvalue weighted by molar-refractivity contribution is 7.92. The molecule has 1 N–H and O–H groups in total. The monoisotopic (exact) mass is 494 g/mol. The summed E-state index contributed by atoms with van der Waals surface area (Å²) in [6.07, 6.45) is 5.39. The maximum Gasteiger partial charge on any atom is 0.264 e. The molecule has 0 spiro atoms. The maximum absolute atomic E-state index is 13.1. The Morgan fingerprint density at radius 3 is 2.47 bits per heavy atom. The van der Waals surface area contributed by atoms with Gasteiger partial charge in [-0.15, -0.1) is 0 Å². The van der Waals surface area contributed by atoms with Crippen LogP contribution >= 0.6 is 11.6 Å². The minimum Gasteiger partial charge on any atom is -0.348 e. The summed E-state index contributed by atoms with van der Waals surface area (Å²) in [5, 5.41) is 3.28. The first-order valence-corrected chi connectivity index (χ1v) is 12.3. The van der Waals surface area contributed by atoms with Crippen molar-refractivity contribution >= 4 is 33.2 Å². The quantitative estimate of drug-likeness (QED) is 0.395. The zero-order valence-corrected chi connectivity index (χ0v) is 20.0. The second-order valence-corrected chi connectivity index (χ2v) is 10.1. The van der Waals surface area contributed by atoms with Crippen molar-refractivity contribution in [1.82, 2.24) is 14.9 Å². The molecule has 1 heterocycles. The van der Waals surface area contributed by atoms with Gasteiger partial charge in [-0.2, -0.15) is 0 Å². The van der Waals surface area contributed by atoms with Gasteiger partial charge in [0.15, 0.2) is 0 Å². The average molecular weight is 495 g/mol. The topological polar surface area (TPSA) is 84.3 Å². The standard InChI is InChI=1S/C25H23ClN4O3S/c1-29(23-6-3-5-22(26)15-23)34(32,33)24-7-2-4-21(14-24)25(31)28-16-19-8-10-20(11-9-19)17-30-13-12-27-18-30/h2-15,18H,16-17H2,1H3,(H,28,31). The second kappa shape index (κ2) is 10.1. The Bertz CT molecular complexity index is 1390. The van der Waals surface area contributed by atoms with Gasteiger partial charge >= 0.3 is 0 Å². The molecule has 0 saturated carbocycles. The van der Waals surface area contributed by atoms with Crippen LogP contribution in [0.5, 0.6) is 0 Å². The molecule has 0 unspecified atom stereocenters. The number of aromatic nitrogens is 2. The number of sulfonamides is 1. The minimum atomic E-state index is -3.87. The third-order valence-corrected chi connectivity index (χ3v) is 7.34. The molecule has 34 heavy (non-hydrogen) atoms. The van der Waals surface area contributed by atoms with Gasteiger partial charge in [-0.05, 0) is 47.5 Å². The van der Waals surface area contributed by atoms with Gasteiger partial charge in [-0.1, -0.05) is 48.0 Å². The smallest absolute Gasteiger partial charge is 0.264 e. The molecule has 0 atom stereocenters. The van der Waals surface area contributed by atoms with E-state index in [2.05, 4.69) is 10.3 Å². The third kappa shape index (κ3) is 5.47. The van der Waals surface area contributed by atoms with E-state index in [1.54, 1.807) is 48.9 Å². The fraction of sp³-hybridized carbons (Fsp3) is 0.120. The molecule has 7 nitrogen and oxygen atoms in total. The van der Waals surface area contributed by atoms with Gasteiger partial charge < -0.3 is 9.88 Å². The molecule has 4 aromatic rings. The lowest BCUT2D eigenvalue weighted by Crippen LogP contribution is -2.27. The number of rotatable bonds is 8. The van der Waals surface area contributed by atoms with E-state index in [0.29, 0.717) is 17.3 Å². The van der Waals surface area contributed by atoms with Gasteiger partial charge in [0, 0.05) is 43.1 Å². The van der Waals surface area contributed by atoms with Crippen molar-refractivity contribution in [3.63, 3.8) is 0 Å². The van der Waals surface area contributed by atoms with E-state index in [1.165, 1.54) is 19.2 Å². The Hall–Kier alpha value is -3.62. The highest BCUT2D eigenvalue weighted by atomic mass is 35.5. The maximum atomic E-state index is 13.1. The number of halogens is 1. The Kier molecular flexibility index (Phi) is 7.00. The summed E-state index contributed by atoms with van der Waals surface area (Å²) in [6.45, 7) is 1.04. The van der Waals surface area contributed by atoms with Crippen LogP contribution in [0.25, 0.3) is 0 Å². The summed E-state index contributed by atoms with van der Waals surface area (Å²) < 4.78 is 29.3. The van der Waals surface area contributed by atoms with Crippen LogP contribution < -0.4 is 9.62 Å². The molecule has 1 aromatic heterocycles. The number of amides is 1. The van der Waals surface area contributed by atoms with E-state index >= 15 is 0 Å². The van der Waals surface area contributed by atoms with Crippen LogP contribution in [0, 0.1) is 0 Å². The largest absolute Gasteiger partial charge is 0.348 e. The molecular formula is C25H23ClN4O3S. The zero-order chi connectivity index (χ0) is 24.1. The number of hydrogen-bond donors (Lipinski definition) is 1. The van der Waals surface area contributed by atoms with Gasteiger partial charge in [0.1, 0.15) is 0 Å². The van der Waals surface area contributed by atoms with Crippen molar-refractivity contribution in [2.75, 3.05) is 11.4 Å². The predicted molar refractivity (Wildman–Crippen MR) is 132 cm³/mol. The molecule has 0 saturated heterocycles. The highest BCUT2D eigenvalue weighted by Gasteiger charge is 2.22. The number of imidazole rings is 1. The SMILES string of the molecule is CN(c1cccc(Cl)c1)S(=O)(=O)c1cccc(C(=O)NCc2ccc(Cn3ccnc3)cc2)c1. The number of anilines is 1. The van der Waals surface area contributed by atoms with E-state index in [-0.39, 0.29) is 16.4 Å². The van der Waals surface area contributed by atoms with Crippen molar-refractivity contribution in [2.24, 2.45) is 0 Å². The molecule has 0 fully saturated rings. The van der Waals surface area contributed by atoms with Crippen molar-refractivity contribution in [3.05, 3.63) is 113 Å². The zero-order valence-electron chi connectivity index (χ0n) is 18.4. The van der Waals surface area contributed by atoms with Crippen molar-refractivity contribution in [1.29, 1.82) is 0 Å². The van der Waals surface area contributed by atoms with Crippen LogP contribution in [0.15, 0.2) is 96.4 Å². The fourth-order valence-electron chi connectivity index (χ4n) is 3.40. The lowest BCUT2D eigenvalue weighted by Gasteiger charge is -2.20. The van der Waals surface area contributed by atoms with Crippen LogP contribution in [-0.2, 0) is 23.1 Å². The van der Waals surface area contributed by atoms with E-state index in [4.69, 9.17) is 11.6 Å². The van der Waals surface area contributed by atoms with Gasteiger partial charge in [-0.3, -0.25) is 9.10 Å². The van der Waals surface area contributed by atoms with Crippen LogP contribution in [-0.4, -0.2) is 30.9 Å². The summed E-state index contributed by atoms with van der Waals surface area (Å²) >= 11 is 6.00. The van der Waals surface area contributed by atoms with Crippen LogP contribution in [0.3, 0.4) is 0 Å². The molecular weight excluding hydrogens is 472 g/mol. The molecule has 0 aliphatic carbocycles. The Morgan fingerprint density at radius 2 is 1.76 bits per heavy atom. The van der Waals surface area contributed by atoms with Gasteiger partial charge in [0.05, 0.1) is 16.9 Å². The first-order chi connectivity index (χ1) is 16.3. The number of carbonyl (C=O) groups excluding carboxylic acids is 1. The van der Waals surface area contributed by atoms with Gasteiger partial charge in [0.25, 0.3) is 15.9 Å². The highest BCUT2D eigenvalue weighted by Crippen LogP contribution is 2.25. The molecule has 1 amide bonds. The van der Waals surface area contributed by atoms with Crippen molar-refractivity contribution in [2.45, 2.75) is 18.0 Å². The number of carbonyl (C=O) groups is 1. The number of nitrogens with one attached hydrogen (secondary N) is 1. The van der Waals surface area contributed by atoms with Crippen LogP contribution in [0.1, 0.15) is 21.5 Å². The summed E-state index contributed by atoms with van der Waals surface area (Å²) in [5.41, 5.74) is 2.75. The van der Waals surface area contributed by atoms with E-state index in [1.807, 2.05) is 35.0 Å². The van der Waals surface area contributed by atoms with Crippen LogP contribution in [0.2, 0.25) is 5.02 Å². The summed E-state index contributed by atoms with van der Waals surface area (Å²) in [5.74, 6) is -0.357. The Morgan fingerprint density at radius 1 is 1.03 bits per heavy atom. The summed E-state index contributed by atoms with van der Waals surface area (Å²) in [4.78, 5) is 16.8. The average Bonchev–Trinajstić information content (AvgIpc) is 3.36. The Balaban J connectivity index is 1.42. The summed E-state index contributed by atoms with van der Waals surface area (Å²) in [6, 6.07) is 20.5. The van der Waals surface area contributed by atoms with Gasteiger partial charge in [-0.25, -0.2) is 13.4 Å². The lowest BCUT2D eigenvalue weighted by molar-refractivity contribution is 0.0950. The van der Waals surface area contributed by atoms with Crippen molar-refractivity contribution < 1.29 is 13.2 Å². The Labute approximate surface area is 203 Å². The molecule has 0 radical (unpaired) electrons. The molecule has 4 rings (SSSR count). The summed E-state index contributed by atoms with van der Waals surface area (Å²) in [7, 11) is -2.42. The first kappa shape index (κ1) is 23.5. The molecule has 174 valence electrons. The molecule has 3 aromatic carbocycles. The molecule has 9 heteroatoms. The van der Waals surface area contributed by atoms with E-state index in [0.717, 1.165) is 22.0 Å². The normalized spacial score (nSPS) is 11.2. The van der Waals surface area contributed by atoms with E-state index < -0.39 is 10.0 Å². The van der Waals surface area contributed by atoms with Crippen molar-refractivity contribution in [3.8, 4) is 0 Å². The fourth-order valence-corrected chi connectivity index (χ4v) is 4.82. The first-order valence-electron chi connectivity index (χ1n) is 10.5. The van der Waals surface area contributed by atoms with Crippen LogP contribution in [0.4, 0.5) is 5.69 Å². The van der Waals surface area contributed by atoms with Gasteiger partial charge in [0.2, 0.25) is 0 Å². The second-order valence-electron chi connectivity index (χ2n) is 7.71. The lowest BCUT2D eigenvalue weighted by atomic mass is 10.1.